The van der Waals surface area contributed by atoms with Crippen molar-refractivity contribution in [2.45, 2.75) is 25.4 Å². The highest BCUT2D eigenvalue weighted by molar-refractivity contribution is 7.19. The monoisotopic (exact) mass is 316 g/mol. The number of nitrogens with zero attached hydrogens (tertiary/aromatic N) is 1. The average Bonchev–Trinajstić information content (AvgIpc) is 2.67. The first-order valence-electron chi connectivity index (χ1n) is 6.38. The van der Waals surface area contributed by atoms with Crippen molar-refractivity contribution < 1.29 is 0 Å². The highest BCUT2D eigenvalue weighted by Crippen LogP contribution is 2.36. The van der Waals surface area contributed by atoms with E-state index in [1.54, 1.807) is 11.3 Å². The second kappa shape index (κ2) is 6.42. The first-order chi connectivity index (χ1) is 8.74. The molecule has 2 nitrogen and oxygen atoms in total. The van der Waals surface area contributed by atoms with Gasteiger partial charge in [-0.3, -0.25) is 4.90 Å². The predicted molar refractivity (Wildman–Crippen MR) is 86.6 cm³/mol. The number of nitrogens with two attached hydrogens (primary N) is 1. The molecule has 1 aliphatic heterocycles. The fourth-order valence-corrected chi connectivity index (χ4v) is 4.14. The van der Waals surface area contributed by atoms with Gasteiger partial charge in [0.15, 0.2) is 0 Å². The van der Waals surface area contributed by atoms with Gasteiger partial charge in [0.2, 0.25) is 0 Å². The van der Waals surface area contributed by atoms with Crippen LogP contribution in [0.4, 0.5) is 0 Å². The summed E-state index contributed by atoms with van der Waals surface area (Å²) in [5.41, 5.74) is 6.02. The normalized spacial score (nSPS) is 20.4. The van der Waals surface area contributed by atoms with Crippen molar-refractivity contribution in [3.05, 3.63) is 34.2 Å². The molecule has 19 heavy (non-hydrogen) atoms. The minimum atomic E-state index is 0. The van der Waals surface area contributed by atoms with E-state index in [9.17, 15) is 0 Å². The number of fused-ring (bicyclic) bond motifs is 1. The zero-order chi connectivity index (χ0) is 12.5. The Morgan fingerprint density at radius 3 is 2.89 bits per heavy atom. The van der Waals surface area contributed by atoms with Gasteiger partial charge in [0, 0.05) is 34.1 Å². The van der Waals surface area contributed by atoms with Gasteiger partial charge >= 0.3 is 0 Å². The van der Waals surface area contributed by atoms with Gasteiger partial charge in [0.1, 0.15) is 0 Å². The summed E-state index contributed by atoms with van der Waals surface area (Å²) in [6.45, 7) is 3.06. The molecule has 0 amide bonds. The fourth-order valence-electron chi connectivity index (χ4n) is 2.60. The average molecular weight is 317 g/mol. The van der Waals surface area contributed by atoms with Crippen LogP contribution in [0.15, 0.2) is 24.3 Å². The maximum absolute atomic E-state index is 6.47. The molecule has 0 spiro atoms. The van der Waals surface area contributed by atoms with E-state index in [2.05, 4.69) is 23.1 Å². The Hall–Kier alpha value is -0.320. The quantitative estimate of drug-likeness (QED) is 0.910. The summed E-state index contributed by atoms with van der Waals surface area (Å²) < 4.78 is 1.28. The van der Waals surface area contributed by atoms with E-state index in [-0.39, 0.29) is 12.4 Å². The van der Waals surface area contributed by atoms with Crippen LogP contribution in [0.5, 0.6) is 0 Å². The Balaban J connectivity index is 0.00000133. The van der Waals surface area contributed by atoms with Crippen molar-refractivity contribution in [1.82, 2.24) is 4.90 Å². The molecule has 1 saturated heterocycles. The topological polar surface area (TPSA) is 29.3 Å². The molecule has 0 bridgehead atoms. The number of hydrogen-bond acceptors (Lipinski definition) is 3. The van der Waals surface area contributed by atoms with Crippen molar-refractivity contribution in [2.24, 2.45) is 5.73 Å². The van der Waals surface area contributed by atoms with E-state index in [4.69, 9.17) is 17.3 Å². The number of hydrogen-bond donors (Lipinski definition) is 1. The molecule has 0 radical (unpaired) electrons. The van der Waals surface area contributed by atoms with Gasteiger partial charge in [-0.05, 0) is 25.5 Å². The van der Waals surface area contributed by atoms with E-state index in [1.807, 2.05) is 6.07 Å². The van der Waals surface area contributed by atoms with Gasteiger partial charge in [-0.25, -0.2) is 0 Å². The largest absolute Gasteiger partial charge is 0.327 e. The molecule has 1 atom stereocenters. The van der Waals surface area contributed by atoms with E-state index in [0.29, 0.717) is 6.04 Å². The van der Waals surface area contributed by atoms with Crippen LogP contribution in [-0.4, -0.2) is 24.0 Å². The molecule has 0 aliphatic carbocycles. The highest BCUT2D eigenvalue weighted by atomic mass is 35.5. The Labute approximate surface area is 128 Å². The van der Waals surface area contributed by atoms with Crippen LogP contribution >= 0.6 is 35.3 Å². The van der Waals surface area contributed by atoms with Gasteiger partial charge < -0.3 is 5.73 Å². The van der Waals surface area contributed by atoms with E-state index in [0.717, 1.165) is 31.1 Å². The summed E-state index contributed by atoms with van der Waals surface area (Å²) in [5.74, 6) is 0. The lowest BCUT2D eigenvalue weighted by atomic mass is 10.1. The number of benzene rings is 1. The van der Waals surface area contributed by atoms with Gasteiger partial charge in [-0.15, -0.1) is 23.7 Å². The molecule has 0 unspecified atom stereocenters. The van der Waals surface area contributed by atoms with E-state index < -0.39 is 0 Å². The molecule has 2 heterocycles. The van der Waals surface area contributed by atoms with Crippen LogP contribution in [0.3, 0.4) is 0 Å². The molecule has 1 aliphatic rings. The van der Waals surface area contributed by atoms with Gasteiger partial charge in [-0.2, -0.15) is 0 Å². The summed E-state index contributed by atoms with van der Waals surface area (Å²) in [7, 11) is 0. The summed E-state index contributed by atoms with van der Waals surface area (Å²) in [6, 6.07) is 8.67. The first-order valence-corrected chi connectivity index (χ1v) is 7.57. The van der Waals surface area contributed by atoms with Crippen molar-refractivity contribution in [1.29, 1.82) is 0 Å². The number of likely N-dealkylation sites (tertiary alicyclic amines) is 1. The Morgan fingerprint density at radius 1 is 1.37 bits per heavy atom. The maximum Gasteiger partial charge on any atom is 0.0637 e. The van der Waals surface area contributed by atoms with Crippen molar-refractivity contribution in [3.8, 4) is 0 Å². The predicted octanol–water partition coefficient (Wildman–Crippen LogP) is 3.90. The van der Waals surface area contributed by atoms with Crippen molar-refractivity contribution in [2.75, 3.05) is 13.1 Å². The molecular weight excluding hydrogens is 299 g/mol. The summed E-state index contributed by atoms with van der Waals surface area (Å²) in [5, 5.41) is 2.11. The van der Waals surface area contributed by atoms with Gasteiger partial charge in [0.25, 0.3) is 0 Å². The zero-order valence-electron chi connectivity index (χ0n) is 10.6. The minimum Gasteiger partial charge on any atom is -0.327 e. The molecule has 1 fully saturated rings. The molecule has 5 heteroatoms. The Kier molecular flexibility index (Phi) is 5.09. The van der Waals surface area contributed by atoms with Crippen LogP contribution in [0.2, 0.25) is 5.02 Å². The third-order valence-electron chi connectivity index (χ3n) is 3.51. The Morgan fingerprint density at radius 2 is 2.16 bits per heavy atom. The maximum atomic E-state index is 6.47. The molecule has 1 aromatic heterocycles. The smallest absolute Gasteiger partial charge is 0.0637 e. The van der Waals surface area contributed by atoms with E-state index in [1.165, 1.54) is 21.4 Å². The molecule has 1 aromatic carbocycles. The first kappa shape index (κ1) is 15.1. The third-order valence-corrected chi connectivity index (χ3v) is 5.21. The van der Waals surface area contributed by atoms with Gasteiger partial charge in [-0.1, -0.05) is 29.8 Å². The van der Waals surface area contributed by atoms with E-state index >= 15 is 0 Å². The summed E-state index contributed by atoms with van der Waals surface area (Å²) in [4.78, 5) is 3.69. The van der Waals surface area contributed by atoms with Crippen LogP contribution in [-0.2, 0) is 6.54 Å². The summed E-state index contributed by atoms with van der Waals surface area (Å²) in [6.07, 6.45) is 2.35. The second-order valence-corrected chi connectivity index (χ2v) is 6.49. The number of piperidine rings is 1. The molecule has 0 saturated carbocycles. The highest BCUT2D eigenvalue weighted by Gasteiger charge is 2.19. The molecule has 104 valence electrons. The standard InChI is InChI=1S/C14H17ClN2S.ClH/c15-14-11-5-1-2-6-12(11)18-13(14)9-17-7-3-4-10(16)8-17;/h1-2,5-6,10H,3-4,7-9,16H2;1H/t10-;/m1./s1. The lowest BCUT2D eigenvalue weighted by molar-refractivity contribution is 0.203. The lowest BCUT2D eigenvalue weighted by Crippen LogP contribution is -2.42. The third kappa shape index (κ3) is 3.23. The molecule has 3 rings (SSSR count). The Bertz CT molecular complexity index is 555. The molecular formula is C14H18Cl2N2S. The summed E-state index contributed by atoms with van der Waals surface area (Å²) >= 11 is 8.27. The second-order valence-electron chi connectivity index (χ2n) is 4.97. The molecule has 2 N–H and O–H groups in total. The van der Waals surface area contributed by atoms with Gasteiger partial charge in [0.05, 0.1) is 5.02 Å². The van der Waals surface area contributed by atoms with Crippen LogP contribution in [0, 0.1) is 0 Å². The van der Waals surface area contributed by atoms with Crippen LogP contribution in [0.25, 0.3) is 10.1 Å². The van der Waals surface area contributed by atoms with Crippen molar-refractivity contribution >= 4 is 45.4 Å². The van der Waals surface area contributed by atoms with Crippen LogP contribution in [0.1, 0.15) is 17.7 Å². The number of rotatable bonds is 2. The number of thiophene rings is 1. The fraction of sp³-hybridized carbons (Fsp3) is 0.429. The minimum absolute atomic E-state index is 0. The number of halogens is 2. The SMILES string of the molecule is Cl.N[C@@H]1CCCN(Cc2sc3ccccc3c2Cl)C1. The zero-order valence-corrected chi connectivity index (χ0v) is 13.0. The van der Waals surface area contributed by atoms with Crippen molar-refractivity contribution in [3.63, 3.8) is 0 Å². The lowest BCUT2D eigenvalue weighted by Gasteiger charge is -2.30. The molecule has 2 aromatic rings. The van der Waals surface area contributed by atoms with Crippen LogP contribution < -0.4 is 5.73 Å².